The summed E-state index contributed by atoms with van der Waals surface area (Å²) in [6.07, 6.45) is 1.53. The molecule has 0 aliphatic carbocycles. The molecule has 2 aliphatic heterocycles. The molecule has 0 bridgehead atoms. The summed E-state index contributed by atoms with van der Waals surface area (Å²) in [5.41, 5.74) is 0.330. The van der Waals surface area contributed by atoms with Crippen molar-refractivity contribution >= 4 is 5.97 Å². The van der Waals surface area contributed by atoms with Gasteiger partial charge in [-0.2, -0.15) is 0 Å². The third kappa shape index (κ3) is 1.37. The molecule has 2 heterocycles. The second kappa shape index (κ2) is 3.47. The Hall–Kier alpha value is -1.55. The van der Waals surface area contributed by atoms with Crippen LogP contribution in [0.1, 0.15) is 18.4 Å². The van der Waals surface area contributed by atoms with Crippen molar-refractivity contribution in [2.24, 2.45) is 0 Å². The Morgan fingerprint density at radius 1 is 1.35 bits per heavy atom. The third-order valence-electron chi connectivity index (χ3n) is 3.94. The zero-order chi connectivity index (χ0) is 12.0. The second-order valence-electron chi connectivity index (χ2n) is 4.93. The van der Waals surface area contributed by atoms with Gasteiger partial charge in [0.1, 0.15) is 0 Å². The number of para-hydroxylation sites is 1. The van der Waals surface area contributed by atoms with Crippen molar-refractivity contribution in [3.8, 4) is 11.5 Å². The van der Waals surface area contributed by atoms with Crippen LogP contribution in [0, 0.1) is 0 Å². The van der Waals surface area contributed by atoms with Crippen LogP contribution in [0.2, 0.25) is 0 Å². The first-order chi connectivity index (χ1) is 8.13. The van der Waals surface area contributed by atoms with E-state index >= 15 is 0 Å². The summed E-state index contributed by atoms with van der Waals surface area (Å²) in [4.78, 5) is 14.3. The van der Waals surface area contributed by atoms with E-state index in [1.54, 1.807) is 12.1 Å². The molecular formula is C13H15NO3. The number of ether oxygens (including phenoxy) is 1. The van der Waals surface area contributed by atoms with Gasteiger partial charge in [-0.1, -0.05) is 12.1 Å². The first kappa shape index (κ1) is 10.6. The summed E-state index contributed by atoms with van der Waals surface area (Å²) >= 11 is 0. The molecule has 0 radical (unpaired) electrons. The van der Waals surface area contributed by atoms with Gasteiger partial charge >= 0.3 is 5.97 Å². The van der Waals surface area contributed by atoms with Gasteiger partial charge in [0.15, 0.2) is 11.5 Å². The summed E-state index contributed by atoms with van der Waals surface area (Å²) in [7, 11) is 2.05. The fourth-order valence-corrected chi connectivity index (χ4v) is 2.78. The molecule has 1 spiro atoms. The van der Waals surface area contributed by atoms with Crippen LogP contribution >= 0.6 is 0 Å². The predicted molar refractivity (Wildman–Crippen MR) is 62.2 cm³/mol. The number of phenols is 1. The smallest absolute Gasteiger partial charge is 0.322 e. The number of aromatic hydroxyl groups is 1. The van der Waals surface area contributed by atoms with Gasteiger partial charge in [0, 0.05) is 5.56 Å². The van der Waals surface area contributed by atoms with E-state index in [1.165, 1.54) is 0 Å². The van der Waals surface area contributed by atoms with Gasteiger partial charge in [-0.15, -0.1) is 0 Å². The number of carbonyl (C=O) groups is 1. The molecule has 3 rings (SSSR count). The van der Waals surface area contributed by atoms with E-state index in [0.29, 0.717) is 5.75 Å². The Morgan fingerprint density at radius 3 is 2.76 bits per heavy atom. The molecular weight excluding hydrogens is 218 g/mol. The minimum atomic E-state index is -0.527. The van der Waals surface area contributed by atoms with Crippen molar-refractivity contribution in [1.82, 2.24) is 4.90 Å². The number of esters is 1. The molecule has 2 aliphatic rings. The van der Waals surface area contributed by atoms with E-state index in [9.17, 15) is 9.90 Å². The molecule has 0 atom stereocenters. The Labute approximate surface area is 99.8 Å². The lowest BCUT2D eigenvalue weighted by Gasteiger charge is -2.34. The van der Waals surface area contributed by atoms with Gasteiger partial charge in [0.05, 0.1) is 5.41 Å². The van der Waals surface area contributed by atoms with Gasteiger partial charge in [0.2, 0.25) is 0 Å². The maximum absolute atomic E-state index is 12.1. The van der Waals surface area contributed by atoms with Crippen LogP contribution in [0.25, 0.3) is 0 Å². The van der Waals surface area contributed by atoms with E-state index < -0.39 is 5.41 Å². The van der Waals surface area contributed by atoms with Crippen molar-refractivity contribution < 1.29 is 14.6 Å². The normalized spacial score (nSPS) is 22.5. The van der Waals surface area contributed by atoms with E-state index in [0.717, 1.165) is 31.5 Å². The Bertz CT molecular complexity index is 476. The number of phenolic OH excluding ortho intramolecular Hbond substituents is 1. The minimum absolute atomic E-state index is 0.0617. The number of piperidine rings is 1. The maximum atomic E-state index is 12.1. The number of fused-ring (bicyclic) bond motifs is 2. The first-order valence-electron chi connectivity index (χ1n) is 5.87. The van der Waals surface area contributed by atoms with Crippen LogP contribution in [-0.4, -0.2) is 36.1 Å². The Balaban J connectivity index is 2.08. The number of hydrogen-bond donors (Lipinski definition) is 1. The number of hydrogen-bond acceptors (Lipinski definition) is 4. The number of benzene rings is 1. The van der Waals surface area contributed by atoms with Gasteiger partial charge < -0.3 is 14.7 Å². The number of carbonyl (C=O) groups excluding carboxylic acids is 1. The molecule has 0 saturated carbocycles. The fraction of sp³-hybridized carbons (Fsp3) is 0.462. The highest BCUT2D eigenvalue weighted by atomic mass is 16.5. The molecule has 4 heteroatoms. The van der Waals surface area contributed by atoms with E-state index in [2.05, 4.69) is 11.9 Å². The molecule has 1 aromatic carbocycles. The standard InChI is InChI=1S/C13H15NO3/c1-14-7-5-13(6-8-14)9-3-2-4-10(15)11(9)17-12(13)16/h2-4,15H,5-8H2,1H3. The molecule has 0 unspecified atom stereocenters. The van der Waals surface area contributed by atoms with E-state index in [-0.39, 0.29) is 11.7 Å². The van der Waals surface area contributed by atoms with Gasteiger partial charge in [-0.05, 0) is 39.0 Å². The number of rotatable bonds is 0. The molecule has 1 fully saturated rings. The highest BCUT2D eigenvalue weighted by Gasteiger charge is 2.50. The maximum Gasteiger partial charge on any atom is 0.322 e. The molecule has 1 saturated heterocycles. The van der Waals surface area contributed by atoms with Crippen molar-refractivity contribution in [3.05, 3.63) is 23.8 Å². The largest absolute Gasteiger partial charge is 0.504 e. The lowest BCUT2D eigenvalue weighted by molar-refractivity contribution is -0.140. The van der Waals surface area contributed by atoms with Crippen LogP contribution in [0.3, 0.4) is 0 Å². The quantitative estimate of drug-likeness (QED) is 0.541. The fourth-order valence-electron chi connectivity index (χ4n) is 2.78. The van der Waals surface area contributed by atoms with Gasteiger partial charge in [-0.25, -0.2) is 0 Å². The summed E-state index contributed by atoms with van der Waals surface area (Å²) < 4.78 is 5.26. The van der Waals surface area contributed by atoms with E-state index in [4.69, 9.17) is 4.74 Å². The number of likely N-dealkylation sites (tertiary alicyclic amines) is 1. The van der Waals surface area contributed by atoms with Crippen LogP contribution in [0.5, 0.6) is 11.5 Å². The van der Waals surface area contributed by atoms with Crippen LogP contribution in [0.15, 0.2) is 18.2 Å². The molecule has 4 nitrogen and oxygen atoms in total. The molecule has 0 aromatic heterocycles. The summed E-state index contributed by atoms with van der Waals surface area (Å²) in [6, 6.07) is 5.22. The zero-order valence-corrected chi connectivity index (χ0v) is 9.77. The molecule has 17 heavy (non-hydrogen) atoms. The van der Waals surface area contributed by atoms with Crippen molar-refractivity contribution in [1.29, 1.82) is 0 Å². The van der Waals surface area contributed by atoms with Crippen LogP contribution < -0.4 is 4.74 Å². The highest BCUT2D eigenvalue weighted by Crippen LogP contribution is 2.49. The van der Waals surface area contributed by atoms with Gasteiger partial charge in [0.25, 0.3) is 0 Å². The average molecular weight is 233 g/mol. The van der Waals surface area contributed by atoms with Gasteiger partial charge in [-0.3, -0.25) is 4.79 Å². The lowest BCUT2D eigenvalue weighted by atomic mass is 9.74. The topological polar surface area (TPSA) is 49.8 Å². The monoisotopic (exact) mass is 233 g/mol. The van der Waals surface area contributed by atoms with Crippen LogP contribution in [0.4, 0.5) is 0 Å². The molecule has 1 aromatic rings. The molecule has 0 amide bonds. The lowest BCUT2D eigenvalue weighted by Crippen LogP contribution is -2.44. The van der Waals surface area contributed by atoms with E-state index in [1.807, 2.05) is 6.07 Å². The van der Waals surface area contributed by atoms with Crippen molar-refractivity contribution in [3.63, 3.8) is 0 Å². The molecule has 90 valence electrons. The van der Waals surface area contributed by atoms with Crippen LogP contribution in [-0.2, 0) is 10.2 Å². The number of nitrogens with zero attached hydrogens (tertiary/aromatic N) is 1. The SMILES string of the molecule is CN1CCC2(CC1)C(=O)Oc1c(O)cccc12. The Kier molecular flexibility index (Phi) is 2.16. The highest BCUT2D eigenvalue weighted by molar-refractivity contribution is 5.91. The first-order valence-corrected chi connectivity index (χ1v) is 5.87. The summed E-state index contributed by atoms with van der Waals surface area (Å²) in [5.74, 6) is 0.218. The minimum Gasteiger partial charge on any atom is -0.504 e. The summed E-state index contributed by atoms with van der Waals surface area (Å²) in [5, 5.41) is 9.73. The average Bonchev–Trinajstić information content (AvgIpc) is 2.59. The summed E-state index contributed by atoms with van der Waals surface area (Å²) in [6.45, 7) is 1.76. The third-order valence-corrected chi connectivity index (χ3v) is 3.94. The predicted octanol–water partition coefficient (Wildman–Crippen LogP) is 1.27. The van der Waals surface area contributed by atoms with Crippen molar-refractivity contribution in [2.45, 2.75) is 18.3 Å². The van der Waals surface area contributed by atoms with Crippen molar-refractivity contribution in [2.75, 3.05) is 20.1 Å². The molecule has 1 N–H and O–H groups in total. The second-order valence-corrected chi connectivity index (χ2v) is 4.93. The Morgan fingerprint density at radius 2 is 2.06 bits per heavy atom. The zero-order valence-electron chi connectivity index (χ0n) is 9.77.